The molecule has 4 N–H and O–H groups in total. The lowest BCUT2D eigenvalue weighted by Crippen LogP contribution is -2.48. The van der Waals surface area contributed by atoms with E-state index in [1.807, 2.05) is 20.8 Å². The van der Waals surface area contributed by atoms with Crippen molar-refractivity contribution in [2.45, 2.75) is 53.0 Å². The smallest absolute Gasteiger partial charge is 0.233 e. The fourth-order valence-corrected chi connectivity index (χ4v) is 2.76. The average Bonchev–Trinajstić information content (AvgIpc) is 2.80. The molecule has 0 aliphatic heterocycles. The van der Waals surface area contributed by atoms with Gasteiger partial charge in [-0.2, -0.15) is 5.10 Å². The number of hydrogen-bond donors (Lipinski definition) is 3. The van der Waals surface area contributed by atoms with E-state index < -0.39 is 5.41 Å². The third kappa shape index (κ3) is 3.56. The van der Waals surface area contributed by atoms with Gasteiger partial charge in [0.2, 0.25) is 5.91 Å². The predicted molar refractivity (Wildman–Crippen MR) is 84.2 cm³/mol. The van der Waals surface area contributed by atoms with Crippen molar-refractivity contribution >= 4 is 23.1 Å². The van der Waals surface area contributed by atoms with Gasteiger partial charge in [-0.1, -0.05) is 38.9 Å². The molecule has 0 aliphatic rings. The Morgan fingerprint density at radius 3 is 2.45 bits per heavy atom. The maximum absolute atomic E-state index is 12.6. The van der Waals surface area contributed by atoms with E-state index in [0.29, 0.717) is 24.4 Å². The molecule has 0 spiro atoms. The van der Waals surface area contributed by atoms with Gasteiger partial charge in [0.25, 0.3) is 0 Å². The summed E-state index contributed by atoms with van der Waals surface area (Å²) in [6.45, 7) is 6.44. The summed E-state index contributed by atoms with van der Waals surface area (Å²) in [5.41, 5.74) is 7.08. The van der Waals surface area contributed by atoms with E-state index in [0.717, 1.165) is 24.1 Å². The van der Waals surface area contributed by atoms with Crippen molar-refractivity contribution in [3.05, 3.63) is 17.5 Å². The first-order chi connectivity index (χ1) is 9.47. The van der Waals surface area contributed by atoms with Gasteiger partial charge in [-0.3, -0.25) is 9.89 Å². The lowest BCUT2D eigenvalue weighted by Gasteiger charge is -2.31. The molecule has 0 saturated heterocycles. The van der Waals surface area contributed by atoms with Crippen LogP contribution in [0.3, 0.4) is 0 Å². The maximum atomic E-state index is 12.6. The van der Waals surface area contributed by atoms with Crippen molar-refractivity contribution < 1.29 is 4.79 Å². The Labute approximate surface area is 125 Å². The number of H-pyrrole nitrogens is 1. The monoisotopic (exact) mass is 296 g/mol. The third-order valence-corrected chi connectivity index (χ3v) is 4.02. The van der Waals surface area contributed by atoms with Gasteiger partial charge in [0.1, 0.15) is 0 Å². The summed E-state index contributed by atoms with van der Waals surface area (Å²) < 4.78 is 0. The van der Waals surface area contributed by atoms with Crippen LogP contribution in [0.5, 0.6) is 0 Å². The molecule has 6 heteroatoms. The fraction of sp³-hybridized carbons (Fsp3) is 0.643. The number of nitrogens with one attached hydrogen (secondary N) is 2. The Kier molecular flexibility index (Phi) is 6.13. The summed E-state index contributed by atoms with van der Waals surface area (Å²) in [4.78, 5) is 12.9. The van der Waals surface area contributed by atoms with Crippen LogP contribution >= 0.6 is 12.2 Å². The first kappa shape index (κ1) is 16.6. The highest BCUT2D eigenvalue weighted by atomic mass is 32.1. The molecule has 0 bridgehead atoms. The Morgan fingerprint density at radius 2 is 2.05 bits per heavy atom. The molecule has 1 aromatic rings. The van der Waals surface area contributed by atoms with Gasteiger partial charge in [0, 0.05) is 17.8 Å². The van der Waals surface area contributed by atoms with E-state index in [4.69, 9.17) is 18.0 Å². The maximum Gasteiger partial charge on any atom is 0.233 e. The minimum atomic E-state index is -0.726. The number of amides is 1. The van der Waals surface area contributed by atoms with Crippen molar-refractivity contribution in [3.8, 4) is 0 Å². The molecule has 0 unspecified atom stereocenters. The Hall–Kier alpha value is -1.43. The zero-order chi connectivity index (χ0) is 15.2. The number of carbonyl (C=O) groups is 1. The highest BCUT2D eigenvalue weighted by molar-refractivity contribution is 7.80. The quantitative estimate of drug-likeness (QED) is 0.642. The number of nitrogens with two attached hydrogens (primary N) is 1. The SMILES string of the molecule is CCCC(CCC)(C(=O)NCc1cn[nH]c1C)C(N)=S. The molecule has 20 heavy (non-hydrogen) atoms. The first-order valence-electron chi connectivity index (χ1n) is 7.05. The van der Waals surface area contributed by atoms with E-state index in [-0.39, 0.29) is 5.91 Å². The van der Waals surface area contributed by atoms with Gasteiger partial charge in [-0.15, -0.1) is 0 Å². The molecule has 0 aromatic carbocycles. The molecule has 0 fully saturated rings. The van der Waals surface area contributed by atoms with Gasteiger partial charge < -0.3 is 11.1 Å². The van der Waals surface area contributed by atoms with Gasteiger partial charge in [-0.05, 0) is 19.8 Å². The standard InChI is InChI=1S/C14H24N4OS/c1-4-6-14(7-5-2,12(15)20)13(19)16-8-11-9-17-18-10(11)3/h9H,4-8H2,1-3H3,(H2,15,20)(H,16,19)(H,17,18). The van der Waals surface area contributed by atoms with Crippen molar-refractivity contribution in [1.29, 1.82) is 0 Å². The van der Waals surface area contributed by atoms with Crippen LogP contribution in [-0.2, 0) is 11.3 Å². The summed E-state index contributed by atoms with van der Waals surface area (Å²) in [5.74, 6) is -0.0747. The summed E-state index contributed by atoms with van der Waals surface area (Å²) >= 11 is 5.17. The molecule has 0 atom stereocenters. The van der Waals surface area contributed by atoms with Crippen molar-refractivity contribution in [2.75, 3.05) is 0 Å². The molecular weight excluding hydrogens is 272 g/mol. The minimum absolute atomic E-state index is 0.0747. The van der Waals surface area contributed by atoms with Crippen LogP contribution in [-0.4, -0.2) is 21.1 Å². The zero-order valence-corrected chi connectivity index (χ0v) is 13.3. The predicted octanol–water partition coefficient (Wildman–Crippen LogP) is 2.21. The van der Waals surface area contributed by atoms with Crippen LogP contribution in [0.1, 0.15) is 50.8 Å². The molecular formula is C14H24N4OS. The molecule has 0 radical (unpaired) electrons. The molecule has 1 heterocycles. The van der Waals surface area contributed by atoms with Crippen LogP contribution < -0.4 is 11.1 Å². The molecule has 1 amide bonds. The molecule has 0 saturated carbocycles. The molecule has 0 aliphatic carbocycles. The molecule has 5 nitrogen and oxygen atoms in total. The second-order valence-electron chi connectivity index (χ2n) is 5.15. The van der Waals surface area contributed by atoms with Crippen molar-refractivity contribution in [2.24, 2.45) is 11.1 Å². The number of aryl methyl sites for hydroxylation is 1. The Balaban J connectivity index is 2.82. The highest BCUT2D eigenvalue weighted by Gasteiger charge is 2.39. The van der Waals surface area contributed by atoms with Crippen molar-refractivity contribution in [1.82, 2.24) is 15.5 Å². The van der Waals surface area contributed by atoms with Crippen LogP contribution in [0.2, 0.25) is 0 Å². The number of hydrogen-bond acceptors (Lipinski definition) is 3. The molecule has 1 rings (SSSR count). The summed E-state index contributed by atoms with van der Waals surface area (Å²) in [5, 5.41) is 9.75. The molecule has 1 aromatic heterocycles. The number of carbonyl (C=O) groups excluding carboxylic acids is 1. The first-order valence-corrected chi connectivity index (χ1v) is 7.45. The normalized spacial score (nSPS) is 11.3. The van der Waals surface area contributed by atoms with Gasteiger partial charge in [-0.25, -0.2) is 0 Å². The van der Waals surface area contributed by atoms with Gasteiger partial charge in [0.15, 0.2) is 0 Å². The lowest BCUT2D eigenvalue weighted by atomic mass is 9.78. The van der Waals surface area contributed by atoms with E-state index >= 15 is 0 Å². The van der Waals surface area contributed by atoms with Gasteiger partial charge in [0.05, 0.1) is 16.6 Å². The average molecular weight is 296 g/mol. The Morgan fingerprint density at radius 1 is 1.45 bits per heavy atom. The summed E-state index contributed by atoms with van der Waals surface area (Å²) in [6.07, 6.45) is 4.83. The second-order valence-corrected chi connectivity index (χ2v) is 5.59. The summed E-state index contributed by atoms with van der Waals surface area (Å²) in [7, 11) is 0. The largest absolute Gasteiger partial charge is 0.392 e. The van der Waals surface area contributed by atoms with Crippen LogP contribution in [0.25, 0.3) is 0 Å². The number of nitrogens with zero attached hydrogens (tertiary/aromatic N) is 1. The summed E-state index contributed by atoms with van der Waals surface area (Å²) in [6, 6.07) is 0. The van der Waals surface area contributed by atoms with E-state index in [1.165, 1.54) is 0 Å². The second kappa shape index (κ2) is 7.38. The lowest BCUT2D eigenvalue weighted by molar-refractivity contribution is -0.128. The Bertz CT molecular complexity index is 463. The topological polar surface area (TPSA) is 83.8 Å². The number of aromatic nitrogens is 2. The number of rotatable bonds is 8. The van der Waals surface area contributed by atoms with Crippen LogP contribution in [0, 0.1) is 12.3 Å². The van der Waals surface area contributed by atoms with Crippen LogP contribution in [0.15, 0.2) is 6.20 Å². The third-order valence-electron chi connectivity index (χ3n) is 3.63. The van der Waals surface area contributed by atoms with E-state index in [9.17, 15) is 4.79 Å². The minimum Gasteiger partial charge on any atom is -0.392 e. The van der Waals surface area contributed by atoms with Gasteiger partial charge >= 0.3 is 0 Å². The number of aromatic amines is 1. The highest BCUT2D eigenvalue weighted by Crippen LogP contribution is 2.31. The van der Waals surface area contributed by atoms with Crippen molar-refractivity contribution in [3.63, 3.8) is 0 Å². The van der Waals surface area contributed by atoms with Crippen LogP contribution in [0.4, 0.5) is 0 Å². The van der Waals surface area contributed by atoms with E-state index in [1.54, 1.807) is 6.20 Å². The molecule has 112 valence electrons. The zero-order valence-electron chi connectivity index (χ0n) is 12.5. The van der Waals surface area contributed by atoms with E-state index in [2.05, 4.69) is 15.5 Å². The fourth-order valence-electron chi connectivity index (χ4n) is 2.46. The number of thiocarbonyl (C=S) groups is 1.